The summed E-state index contributed by atoms with van der Waals surface area (Å²) in [6.45, 7) is 7.20. The maximum absolute atomic E-state index is 12.1. The summed E-state index contributed by atoms with van der Waals surface area (Å²) in [7, 11) is 0. The van der Waals surface area contributed by atoms with Gasteiger partial charge in [-0.2, -0.15) is 0 Å². The standard InChI is InChI=1S/C26H28N2O2/c1-4-30-25(29)17-26(2,3)16-24-27-22-11-7-8-12-23(22)28(24)18-19-13-14-20-9-5-6-10-21(20)15-19/h5-15H,4,16-18H2,1-3H3. The molecule has 0 radical (unpaired) electrons. The fraction of sp³-hybridized carbons (Fsp3) is 0.308. The largest absolute Gasteiger partial charge is 0.466 e. The number of nitrogens with zero attached hydrogens (tertiary/aromatic N) is 2. The molecule has 4 heteroatoms. The van der Waals surface area contributed by atoms with Crippen molar-refractivity contribution in [2.75, 3.05) is 6.61 Å². The maximum Gasteiger partial charge on any atom is 0.306 e. The zero-order valence-corrected chi connectivity index (χ0v) is 17.9. The summed E-state index contributed by atoms with van der Waals surface area (Å²) in [4.78, 5) is 17.0. The van der Waals surface area contributed by atoms with Crippen molar-refractivity contribution in [2.24, 2.45) is 5.41 Å². The third kappa shape index (κ3) is 4.38. The number of carbonyl (C=O) groups excluding carboxylic acids is 1. The lowest BCUT2D eigenvalue weighted by Gasteiger charge is -2.23. The molecule has 4 aromatic rings. The number of rotatable bonds is 7. The molecule has 0 fully saturated rings. The average molecular weight is 401 g/mol. The van der Waals surface area contributed by atoms with Crippen LogP contribution in [0.25, 0.3) is 21.8 Å². The number of hydrogen-bond donors (Lipinski definition) is 0. The van der Waals surface area contributed by atoms with Gasteiger partial charge in [-0.1, -0.05) is 62.4 Å². The van der Waals surface area contributed by atoms with Gasteiger partial charge in [-0.15, -0.1) is 0 Å². The van der Waals surface area contributed by atoms with Gasteiger partial charge in [-0.25, -0.2) is 4.98 Å². The second kappa shape index (κ2) is 8.31. The fourth-order valence-corrected chi connectivity index (χ4v) is 4.05. The Bertz CT molecular complexity index is 1190. The monoisotopic (exact) mass is 400 g/mol. The Morgan fingerprint density at radius 2 is 1.73 bits per heavy atom. The van der Waals surface area contributed by atoms with E-state index in [1.54, 1.807) is 0 Å². The molecule has 0 unspecified atom stereocenters. The lowest BCUT2D eigenvalue weighted by Crippen LogP contribution is -2.23. The molecule has 0 aliphatic rings. The first-order valence-electron chi connectivity index (χ1n) is 10.5. The molecule has 1 heterocycles. The highest BCUT2D eigenvalue weighted by atomic mass is 16.5. The Morgan fingerprint density at radius 3 is 2.53 bits per heavy atom. The Kier molecular flexibility index (Phi) is 5.58. The van der Waals surface area contributed by atoms with Crippen molar-refractivity contribution in [1.82, 2.24) is 9.55 Å². The van der Waals surface area contributed by atoms with Gasteiger partial charge < -0.3 is 9.30 Å². The number of carbonyl (C=O) groups is 1. The van der Waals surface area contributed by atoms with Crippen molar-refractivity contribution < 1.29 is 9.53 Å². The molecule has 0 spiro atoms. The third-order valence-electron chi connectivity index (χ3n) is 5.45. The summed E-state index contributed by atoms with van der Waals surface area (Å²) in [6, 6.07) is 23.3. The highest BCUT2D eigenvalue weighted by molar-refractivity contribution is 5.83. The van der Waals surface area contributed by atoms with Gasteiger partial charge in [0.1, 0.15) is 5.82 Å². The minimum Gasteiger partial charge on any atom is -0.466 e. The van der Waals surface area contributed by atoms with E-state index >= 15 is 0 Å². The van der Waals surface area contributed by atoms with Crippen LogP contribution in [0.4, 0.5) is 0 Å². The lowest BCUT2D eigenvalue weighted by atomic mass is 9.85. The molecule has 4 rings (SSSR count). The summed E-state index contributed by atoms with van der Waals surface area (Å²) in [6.07, 6.45) is 1.08. The van der Waals surface area contributed by atoms with E-state index in [4.69, 9.17) is 9.72 Å². The smallest absolute Gasteiger partial charge is 0.306 e. The molecule has 0 amide bonds. The molecule has 30 heavy (non-hydrogen) atoms. The first kappa shape index (κ1) is 20.1. The molecule has 154 valence electrons. The summed E-state index contributed by atoms with van der Waals surface area (Å²) >= 11 is 0. The molecule has 0 aliphatic heterocycles. The minimum atomic E-state index is -0.241. The summed E-state index contributed by atoms with van der Waals surface area (Å²) in [5.74, 6) is 0.846. The first-order valence-corrected chi connectivity index (χ1v) is 10.5. The van der Waals surface area contributed by atoms with Crippen LogP contribution in [0, 0.1) is 5.41 Å². The van der Waals surface area contributed by atoms with Gasteiger partial charge in [0.25, 0.3) is 0 Å². The Hall–Kier alpha value is -3.14. The molecule has 0 saturated carbocycles. The highest BCUT2D eigenvalue weighted by Gasteiger charge is 2.26. The van der Waals surface area contributed by atoms with Crippen molar-refractivity contribution in [3.05, 3.63) is 78.1 Å². The quantitative estimate of drug-likeness (QED) is 0.371. The van der Waals surface area contributed by atoms with Crippen molar-refractivity contribution in [1.29, 1.82) is 0 Å². The van der Waals surface area contributed by atoms with E-state index in [1.807, 2.05) is 19.1 Å². The van der Waals surface area contributed by atoms with Gasteiger partial charge >= 0.3 is 5.97 Å². The molecule has 4 nitrogen and oxygen atoms in total. The van der Waals surface area contributed by atoms with Crippen molar-refractivity contribution >= 4 is 27.8 Å². The normalized spacial score (nSPS) is 11.8. The molecular weight excluding hydrogens is 372 g/mol. The molecule has 0 N–H and O–H groups in total. The van der Waals surface area contributed by atoms with E-state index < -0.39 is 0 Å². The molecule has 0 saturated heterocycles. The van der Waals surface area contributed by atoms with E-state index in [0.29, 0.717) is 19.4 Å². The van der Waals surface area contributed by atoms with Crippen LogP contribution >= 0.6 is 0 Å². The summed E-state index contributed by atoms with van der Waals surface area (Å²) in [5, 5.41) is 2.48. The SMILES string of the molecule is CCOC(=O)CC(C)(C)Cc1nc2ccccc2n1Cc1ccc2ccccc2c1. The number of ether oxygens (including phenoxy) is 1. The van der Waals surface area contributed by atoms with Crippen LogP contribution in [-0.4, -0.2) is 22.1 Å². The Labute approximate surface area is 177 Å². The van der Waals surface area contributed by atoms with Crippen LogP contribution in [-0.2, 0) is 22.5 Å². The van der Waals surface area contributed by atoms with Crippen molar-refractivity contribution in [3.8, 4) is 0 Å². The number of aromatic nitrogens is 2. The van der Waals surface area contributed by atoms with Crippen LogP contribution in [0.1, 0.15) is 38.6 Å². The average Bonchev–Trinajstić information content (AvgIpc) is 3.04. The Balaban J connectivity index is 1.68. The fourth-order valence-electron chi connectivity index (χ4n) is 4.05. The second-order valence-corrected chi connectivity index (χ2v) is 8.61. The summed E-state index contributed by atoms with van der Waals surface area (Å²) < 4.78 is 7.46. The number of esters is 1. The van der Waals surface area contributed by atoms with Gasteiger partial charge in [-0.3, -0.25) is 4.79 Å². The molecular formula is C26H28N2O2. The van der Waals surface area contributed by atoms with Crippen LogP contribution in [0.15, 0.2) is 66.7 Å². The van der Waals surface area contributed by atoms with Gasteiger partial charge in [0, 0.05) is 13.0 Å². The zero-order valence-electron chi connectivity index (χ0n) is 17.9. The van der Waals surface area contributed by atoms with Gasteiger partial charge in [0.05, 0.1) is 24.1 Å². The topological polar surface area (TPSA) is 44.1 Å². The van der Waals surface area contributed by atoms with E-state index in [9.17, 15) is 4.79 Å². The predicted molar refractivity (Wildman–Crippen MR) is 122 cm³/mol. The van der Waals surface area contributed by atoms with E-state index in [2.05, 4.69) is 73.0 Å². The van der Waals surface area contributed by atoms with E-state index in [-0.39, 0.29) is 11.4 Å². The number of para-hydroxylation sites is 2. The van der Waals surface area contributed by atoms with Crippen LogP contribution in [0.5, 0.6) is 0 Å². The first-order chi connectivity index (χ1) is 14.4. The van der Waals surface area contributed by atoms with Gasteiger partial charge in [-0.05, 0) is 46.9 Å². The molecule has 0 atom stereocenters. The molecule has 0 bridgehead atoms. The lowest BCUT2D eigenvalue weighted by molar-refractivity contribution is -0.145. The van der Waals surface area contributed by atoms with Crippen molar-refractivity contribution in [2.45, 2.75) is 40.2 Å². The number of benzene rings is 3. The van der Waals surface area contributed by atoms with E-state index in [0.717, 1.165) is 23.4 Å². The van der Waals surface area contributed by atoms with Crippen LogP contribution in [0.2, 0.25) is 0 Å². The number of fused-ring (bicyclic) bond motifs is 2. The predicted octanol–water partition coefficient (Wildman–Crippen LogP) is 5.76. The number of hydrogen-bond acceptors (Lipinski definition) is 3. The van der Waals surface area contributed by atoms with Gasteiger partial charge in [0.2, 0.25) is 0 Å². The molecule has 0 aliphatic carbocycles. The molecule has 1 aromatic heterocycles. The third-order valence-corrected chi connectivity index (χ3v) is 5.45. The van der Waals surface area contributed by atoms with Crippen LogP contribution < -0.4 is 0 Å². The second-order valence-electron chi connectivity index (χ2n) is 8.61. The number of imidazole rings is 1. The maximum atomic E-state index is 12.1. The zero-order chi connectivity index (χ0) is 21.1. The van der Waals surface area contributed by atoms with Crippen molar-refractivity contribution in [3.63, 3.8) is 0 Å². The molecule has 3 aromatic carbocycles. The minimum absolute atomic E-state index is 0.153. The van der Waals surface area contributed by atoms with E-state index in [1.165, 1.54) is 16.3 Å². The Morgan fingerprint density at radius 1 is 1.00 bits per heavy atom. The van der Waals surface area contributed by atoms with Crippen LogP contribution in [0.3, 0.4) is 0 Å². The highest BCUT2D eigenvalue weighted by Crippen LogP contribution is 2.29. The summed E-state index contributed by atoms with van der Waals surface area (Å²) in [5.41, 5.74) is 3.10. The van der Waals surface area contributed by atoms with Gasteiger partial charge in [0.15, 0.2) is 0 Å².